The van der Waals surface area contributed by atoms with E-state index in [4.69, 9.17) is 18.9 Å². The van der Waals surface area contributed by atoms with E-state index in [9.17, 15) is 19.1 Å². The number of aliphatic hydroxyl groups is 1. The van der Waals surface area contributed by atoms with Crippen LogP contribution in [0.1, 0.15) is 24.1 Å². The number of carbonyl (C=O) groups is 2. The fourth-order valence-electron chi connectivity index (χ4n) is 4.65. The molecule has 1 N–H and O–H groups in total. The molecule has 206 valence electrons. The molecule has 5 rings (SSSR count). The maximum absolute atomic E-state index is 13.9. The first-order chi connectivity index (χ1) is 19.3. The molecule has 0 saturated carbocycles. The monoisotopic (exact) mass is 564 g/mol. The number of halogens is 1. The number of Topliss-reactive ketones (excluding diaryl/α,β-unsaturated/α-hetero) is 1. The molecule has 0 spiro atoms. The molecule has 1 aromatic heterocycles. The van der Waals surface area contributed by atoms with Crippen LogP contribution in [0, 0.1) is 5.82 Å². The summed E-state index contributed by atoms with van der Waals surface area (Å²) in [5, 5.41) is 11.7. The Morgan fingerprint density at radius 3 is 2.40 bits per heavy atom. The normalized spacial score (nSPS) is 16.4. The average molecular weight is 565 g/mol. The van der Waals surface area contributed by atoms with Gasteiger partial charge in [0.1, 0.15) is 17.3 Å². The summed E-state index contributed by atoms with van der Waals surface area (Å²) >= 11 is 1.05. The number of benzene rings is 3. The molecule has 1 fully saturated rings. The Balaban J connectivity index is 1.77. The Hall–Kier alpha value is -4.64. The van der Waals surface area contributed by atoms with Crippen molar-refractivity contribution in [2.45, 2.75) is 13.0 Å². The summed E-state index contributed by atoms with van der Waals surface area (Å²) in [6, 6.07) is 12.7. The standard InChI is InChI=1S/C29H25FN2O7S/c1-5-39-18-8-6-7-15(11-18)25(33)23-24(16-12-20(36-2)27(38-4)21(13-16)37-3)32(28(35)26(23)34)29-31-19-10-9-17(30)14-22(19)40-29/h6-14,24,33H,5H2,1-4H3. The Bertz CT molecular complexity index is 1640. The van der Waals surface area contributed by atoms with Crippen molar-refractivity contribution in [3.63, 3.8) is 0 Å². The van der Waals surface area contributed by atoms with Crippen LogP contribution in [0.15, 0.2) is 60.2 Å². The van der Waals surface area contributed by atoms with Crippen LogP contribution in [-0.4, -0.2) is 49.7 Å². The second kappa shape index (κ2) is 10.9. The molecule has 11 heteroatoms. The first-order valence-electron chi connectivity index (χ1n) is 12.2. The van der Waals surface area contributed by atoms with Gasteiger partial charge in [0.25, 0.3) is 5.78 Å². The number of ether oxygens (including phenoxy) is 4. The van der Waals surface area contributed by atoms with Crippen LogP contribution in [0.5, 0.6) is 23.0 Å². The maximum atomic E-state index is 13.9. The van der Waals surface area contributed by atoms with Crippen LogP contribution in [-0.2, 0) is 9.59 Å². The van der Waals surface area contributed by atoms with Gasteiger partial charge in [-0.15, -0.1) is 0 Å². The van der Waals surface area contributed by atoms with Crippen molar-refractivity contribution in [3.05, 3.63) is 77.1 Å². The number of fused-ring (bicyclic) bond motifs is 1. The van der Waals surface area contributed by atoms with Gasteiger partial charge in [-0.3, -0.25) is 14.5 Å². The largest absolute Gasteiger partial charge is 0.507 e. The third-order valence-electron chi connectivity index (χ3n) is 6.41. The lowest BCUT2D eigenvalue weighted by atomic mass is 9.94. The molecule has 2 heterocycles. The molecular weight excluding hydrogens is 539 g/mol. The van der Waals surface area contributed by atoms with Gasteiger partial charge in [0.05, 0.1) is 49.8 Å². The number of carbonyl (C=O) groups excluding carboxylic acids is 2. The van der Waals surface area contributed by atoms with E-state index in [0.29, 0.717) is 33.9 Å². The summed E-state index contributed by atoms with van der Waals surface area (Å²) in [5.74, 6) is -1.30. The smallest absolute Gasteiger partial charge is 0.301 e. The molecule has 1 aliphatic heterocycles. The summed E-state index contributed by atoms with van der Waals surface area (Å²) in [4.78, 5) is 32.9. The van der Waals surface area contributed by atoms with E-state index in [1.54, 1.807) is 36.4 Å². The lowest BCUT2D eigenvalue weighted by molar-refractivity contribution is -0.132. The molecular formula is C29H25FN2O7S. The zero-order chi connectivity index (χ0) is 28.6. The van der Waals surface area contributed by atoms with Crippen LogP contribution in [0.25, 0.3) is 16.0 Å². The van der Waals surface area contributed by atoms with E-state index in [1.165, 1.54) is 44.4 Å². The van der Waals surface area contributed by atoms with E-state index in [-0.39, 0.29) is 27.8 Å². The van der Waals surface area contributed by atoms with Crippen molar-refractivity contribution in [3.8, 4) is 23.0 Å². The minimum atomic E-state index is -1.13. The lowest BCUT2D eigenvalue weighted by Gasteiger charge is -2.24. The number of nitrogens with zero attached hydrogens (tertiary/aromatic N) is 2. The molecule has 4 aromatic rings. The van der Waals surface area contributed by atoms with E-state index in [2.05, 4.69) is 4.98 Å². The van der Waals surface area contributed by atoms with E-state index in [1.807, 2.05) is 6.92 Å². The highest BCUT2D eigenvalue weighted by molar-refractivity contribution is 7.22. The van der Waals surface area contributed by atoms with Crippen molar-refractivity contribution in [2.24, 2.45) is 0 Å². The number of aliphatic hydroxyl groups excluding tert-OH is 1. The first kappa shape index (κ1) is 26.9. The number of hydrogen-bond donors (Lipinski definition) is 1. The number of methoxy groups -OCH3 is 3. The second-order valence-electron chi connectivity index (χ2n) is 8.70. The van der Waals surface area contributed by atoms with Crippen molar-refractivity contribution in [1.29, 1.82) is 0 Å². The Morgan fingerprint density at radius 2 is 1.75 bits per heavy atom. The Kier molecular flexibility index (Phi) is 7.31. The molecule has 1 aliphatic rings. The van der Waals surface area contributed by atoms with Crippen molar-refractivity contribution >= 4 is 44.1 Å². The third-order valence-corrected chi connectivity index (χ3v) is 7.43. The van der Waals surface area contributed by atoms with E-state index in [0.717, 1.165) is 11.3 Å². The highest BCUT2D eigenvalue weighted by atomic mass is 32.1. The summed E-state index contributed by atoms with van der Waals surface area (Å²) in [5.41, 5.74) is 0.962. The molecule has 40 heavy (non-hydrogen) atoms. The predicted octanol–water partition coefficient (Wildman–Crippen LogP) is 5.49. The quantitative estimate of drug-likeness (QED) is 0.170. The molecule has 0 bridgehead atoms. The summed E-state index contributed by atoms with van der Waals surface area (Å²) in [7, 11) is 4.34. The number of anilines is 1. The van der Waals surface area contributed by atoms with Gasteiger partial charge >= 0.3 is 5.91 Å². The molecule has 1 saturated heterocycles. The number of amides is 1. The van der Waals surface area contributed by atoms with Gasteiger partial charge in [-0.05, 0) is 55.0 Å². The van der Waals surface area contributed by atoms with Crippen LogP contribution in [0.4, 0.5) is 9.52 Å². The van der Waals surface area contributed by atoms with Crippen molar-refractivity contribution < 1.29 is 38.0 Å². The van der Waals surface area contributed by atoms with Gasteiger partial charge in [-0.2, -0.15) is 0 Å². The lowest BCUT2D eigenvalue weighted by Crippen LogP contribution is -2.29. The average Bonchev–Trinajstić information content (AvgIpc) is 3.49. The molecule has 0 aliphatic carbocycles. The fraction of sp³-hybridized carbons (Fsp3) is 0.207. The van der Waals surface area contributed by atoms with E-state index >= 15 is 0 Å². The molecule has 9 nitrogen and oxygen atoms in total. The van der Waals surface area contributed by atoms with Gasteiger partial charge < -0.3 is 24.1 Å². The first-order valence-corrected chi connectivity index (χ1v) is 13.0. The van der Waals surface area contributed by atoms with Crippen LogP contribution < -0.4 is 23.8 Å². The SMILES string of the molecule is CCOc1cccc(C(O)=C2C(=O)C(=O)N(c3nc4ccc(F)cc4s3)C2c2cc(OC)c(OC)c(OC)c2)c1. The van der Waals surface area contributed by atoms with Crippen LogP contribution in [0.2, 0.25) is 0 Å². The van der Waals surface area contributed by atoms with Crippen LogP contribution in [0.3, 0.4) is 0 Å². The molecule has 1 atom stereocenters. The molecule has 1 unspecified atom stereocenters. The number of rotatable bonds is 8. The fourth-order valence-corrected chi connectivity index (χ4v) is 5.67. The van der Waals surface area contributed by atoms with Gasteiger partial charge in [0.2, 0.25) is 5.75 Å². The van der Waals surface area contributed by atoms with Crippen LogP contribution >= 0.6 is 11.3 Å². The number of aromatic nitrogens is 1. The zero-order valence-corrected chi connectivity index (χ0v) is 22.9. The molecule has 0 radical (unpaired) electrons. The zero-order valence-electron chi connectivity index (χ0n) is 22.1. The molecule has 3 aromatic carbocycles. The minimum Gasteiger partial charge on any atom is -0.507 e. The van der Waals surface area contributed by atoms with Gasteiger partial charge in [0, 0.05) is 5.56 Å². The minimum absolute atomic E-state index is 0.156. The highest BCUT2D eigenvalue weighted by Crippen LogP contribution is 2.48. The Labute approximate surface area is 233 Å². The van der Waals surface area contributed by atoms with Gasteiger partial charge in [-0.1, -0.05) is 23.5 Å². The highest BCUT2D eigenvalue weighted by Gasteiger charge is 2.48. The number of hydrogen-bond acceptors (Lipinski definition) is 9. The van der Waals surface area contributed by atoms with Crippen molar-refractivity contribution in [1.82, 2.24) is 4.98 Å². The van der Waals surface area contributed by atoms with Gasteiger partial charge in [0.15, 0.2) is 16.6 Å². The third kappa shape index (κ3) is 4.58. The maximum Gasteiger partial charge on any atom is 0.301 e. The summed E-state index contributed by atoms with van der Waals surface area (Å²) in [6.07, 6.45) is 0. The van der Waals surface area contributed by atoms with Gasteiger partial charge in [-0.25, -0.2) is 9.37 Å². The Morgan fingerprint density at radius 1 is 1.02 bits per heavy atom. The summed E-state index contributed by atoms with van der Waals surface area (Å²) < 4.78 is 36.5. The van der Waals surface area contributed by atoms with Crippen molar-refractivity contribution in [2.75, 3.05) is 32.8 Å². The topological polar surface area (TPSA) is 107 Å². The number of ketones is 1. The predicted molar refractivity (Wildman–Crippen MR) is 148 cm³/mol. The summed E-state index contributed by atoms with van der Waals surface area (Å²) in [6.45, 7) is 2.23. The second-order valence-corrected chi connectivity index (χ2v) is 9.71. The van der Waals surface area contributed by atoms with E-state index < -0.39 is 29.3 Å². The number of thiazole rings is 1. The molecule has 1 amide bonds.